The first-order valence-electron chi connectivity index (χ1n) is 13.1. The third kappa shape index (κ3) is 3.27. The van der Waals surface area contributed by atoms with Gasteiger partial charge in [0.2, 0.25) is 0 Å². The van der Waals surface area contributed by atoms with Crippen molar-refractivity contribution >= 4 is 5.84 Å². The summed E-state index contributed by atoms with van der Waals surface area (Å²) >= 11 is 0. The quantitative estimate of drug-likeness (QED) is 0.622. The molecule has 4 fully saturated rings. The number of aliphatic hydroxyl groups excluding tert-OH is 2. The zero-order chi connectivity index (χ0) is 22.0. The van der Waals surface area contributed by atoms with E-state index in [2.05, 4.69) is 42.9 Å². The van der Waals surface area contributed by atoms with Gasteiger partial charge in [-0.2, -0.15) is 5.11 Å². The lowest BCUT2D eigenvalue weighted by molar-refractivity contribution is -0.203. The summed E-state index contributed by atoms with van der Waals surface area (Å²) in [7, 11) is 0. The molecule has 5 nitrogen and oxygen atoms in total. The zero-order valence-electron chi connectivity index (χ0n) is 20.0. The van der Waals surface area contributed by atoms with Gasteiger partial charge in [0.1, 0.15) is 5.84 Å². The molecule has 174 valence electrons. The Balaban J connectivity index is 1.42. The topological polar surface area (TPSA) is 77.5 Å². The minimum absolute atomic E-state index is 0.169. The molecule has 5 rings (SSSR count). The molecule has 31 heavy (non-hydrogen) atoms. The number of rotatable bonds is 4. The first-order valence-corrected chi connectivity index (χ1v) is 13.1. The molecule has 0 aromatic rings. The van der Waals surface area contributed by atoms with Crippen molar-refractivity contribution < 1.29 is 10.2 Å². The van der Waals surface area contributed by atoms with Gasteiger partial charge < -0.3 is 10.2 Å². The van der Waals surface area contributed by atoms with Crippen LogP contribution in [0.25, 0.3) is 0 Å². The maximum Gasteiger partial charge on any atom is 0.152 e. The summed E-state index contributed by atoms with van der Waals surface area (Å²) in [5, 5.41) is 30.5. The molecule has 5 unspecified atom stereocenters. The average Bonchev–Trinajstić information content (AvgIpc) is 3.36. The lowest BCUT2D eigenvalue weighted by Gasteiger charge is -2.64. The van der Waals surface area contributed by atoms with E-state index in [0.717, 1.165) is 37.9 Å². The molecule has 11 atom stereocenters. The average molecular weight is 430 g/mol. The fourth-order valence-electron chi connectivity index (χ4n) is 9.73. The number of aliphatic imine (C=N–C) groups is 1. The van der Waals surface area contributed by atoms with Crippen LogP contribution in [0.1, 0.15) is 85.5 Å². The normalized spacial score (nSPS) is 52.3. The standard InChI is InChI=1S/C26H43N3O2/c1-5-17-21-13-16(30)8-10-26(21,4)20-9-11-25(3)18(6-7-19(25)23(20)24(17)31)15(2)12-22-27-14-28-29-22/h15-21,23-24,30-31H,5-14H2,1-4H3/t15-,16-,17-,18-,19?,20?,21?,23?,24?,25-,26-/m1/s1. The molecule has 1 aliphatic heterocycles. The fourth-order valence-corrected chi connectivity index (χ4v) is 9.73. The van der Waals surface area contributed by atoms with Crippen molar-refractivity contribution in [1.29, 1.82) is 0 Å². The highest BCUT2D eigenvalue weighted by Gasteiger charge is 2.64. The Morgan fingerprint density at radius 3 is 2.45 bits per heavy atom. The van der Waals surface area contributed by atoms with Crippen LogP contribution in [0.2, 0.25) is 0 Å². The molecular formula is C26H43N3O2. The first kappa shape index (κ1) is 22.0. The monoisotopic (exact) mass is 429 g/mol. The molecule has 2 N–H and O–H groups in total. The van der Waals surface area contributed by atoms with E-state index in [-0.39, 0.29) is 17.6 Å². The van der Waals surface area contributed by atoms with Crippen molar-refractivity contribution in [3.8, 4) is 0 Å². The highest BCUT2D eigenvalue weighted by Crippen LogP contribution is 2.69. The van der Waals surface area contributed by atoms with Gasteiger partial charge in [0, 0.05) is 6.42 Å². The number of hydrogen-bond donors (Lipinski definition) is 2. The zero-order valence-corrected chi connectivity index (χ0v) is 20.0. The number of hydrogen-bond acceptors (Lipinski definition) is 5. The number of azo groups is 1. The lowest BCUT2D eigenvalue weighted by atomic mass is 9.41. The van der Waals surface area contributed by atoms with Crippen LogP contribution in [0.3, 0.4) is 0 Å². The van der Waals surface area contributed by atoms with Crippen LogP contribution in [0.5, 0.6) is 0 Å². The smallest absolute Gasteiger partial charge is 0.152 e. The Kier molecular flexibility index (Phi) is 5.61. The molecule has 0 saturated heterocycles. The van der Waals surface area contributed by atoms with Crippen molar-refractivity contribution in [2.75, 3.05) is 6.67 Å². The molecule has 0 amide bonds. The molecule has 0 aromatic carbocycles. The number of nitrogens with zero attached hydrogens (tertiary/aromatic N) is 3. The molecule has 0 radical (unpaired) electrons. The Morgan fingerprint density at radius 1 is 1.00 bits per heavy atom. The highest BCUT2D eigenvalue weighted by atomic mass is 16.3. The van der Waals surface area contributed by atoms with Gasteiger partial charge in [0.05, 0.1) is 12.2 Å². The van der Waals surface area contributed by atoms with Crippen LogP contribution >= 0.6 is 0 Å². The summed E-state index contributed by atoms with van der Waals surface area (Å²) in [4.78, 5) is 4.46. The van der Waals surface area contributed by atoms with Crippen LogP contribution < -0.4 is 0 Å². The summed E-state index contributed by atoms with van der Waals surface area (Å²) in [6, 6.07) is 0. The number of aliphatic hydroxyl groups is 2. The Labute approximate surface area is 188 Å². The number of amidine groups is 1. The largest absolute Gasteiger partial charge is 0.393 e. The SMILES string of the molecule is CC[C@H]1C(O)C2C(CC[C@@]3(C)C2CC[C@@H]3[C@H](C)CC2=NCN=N2)[C@@]2(C)CC[C@@H](O)CC12. The van der Waals surface area contributed by atoms with Gasteiger partial charge in [-0.1, -0.05) is 34.1 Å². The van der Waals surface area contributed by atoms with Crippen molar-refractivity contribution in [1.82, 2.24) is 0 Å². The summed E-state index contributed by atoms with van der Waals surface area (Å²) in [5.74, 6) is 4.68. The van der Waals surface area contributed by atoms with Gasteiger partial charge in [-0.15, -0.1) is 5.11 Å². The summed E-state index contributed by atoms with van der Waals surface area (Å²) in [5.41, 5.74) is 0.599. The fraction of sp³-hybridized carbons (Fsp3) is 0.962. The van der Waals surface area contributed by atoms with E-state index in [1.165, 1.54) is 25.7 Å². The van der Waals surface area contributed by atoms with Crippen molar-refractivity contribution in [2.24, 2.45) is 67.5 Å². The molecule has 5 aliphatic rings. The third-order valence-electron chi connectivity index (χ3n) is 11.2. The lowest BCUT2D eigenvalue weighted by Crippen LogP contribution is -2.62. The minimum atomic E-state index is -0.204. The molecule has 0 bridgehead atoms. The van der Waals surface area contributed by atoms with Gasteiger partial charge in [-0.3, -0.25) is 0 Å². The minimum Gasteiger partial charge on any atom is -0.393 e. The molecule has 0 spiro atoms. The summed E-state index contributed by atoms with van der Waals surface area (Å²) in [6.45, 7) is 10.2. The van der Waals surface area contributed by atoms with E-state index in [9.17, 15) is 10.2 Å². The first-order chi connectivity index (χ1) is 14.8. The number of fused-ring (bicyclic) bond motifs is 5. The van der Waals surface area contributed by atoms with Crippen molar-refractivity contribution in [2.45, 2.75) is 97.7 Å². The predicted octanol–water partition coefficient (Wildman–Crippen LogP) is 5.46. The molecule has 1 heterocycles. The van der Waals surface area contributed by atoms with E-state index in [1.54, 1.807) is 0 Å². The van der Waals surface area contributed by atoms with Crippen LogP contribution in [0.15, 0.2) is 15.2 Å². The van der Waals surface area contributed by atoms with Crippen molar-refractivity contribution in [3.05, 3.63) is 0 Å². The van der Waals surface area contributed by atoms with Gasteiger partial charge in [0.15, 0.2) is 6.67 Å². The van der Waals surface area contributed by atoms with E-state index >= 15 is 0 Å². The van der Waals surface area contributed by atoms with Gasteiger partial charge in [-0.25, -0.2) is 4.99 Å². The molecule has 5 heteroatoms. The second-order valence-electron chi connectivity index (χ2n) is 12.3. The summed E-state index contributed by atoms with van der Waals surface area (Å²) < 4.78 is 0. The van der Waals surface area contributed by atoms with E-state index in [1.807, 2.05) is 0 Å². The molecule has 4 saturated carbocycles. The second-order valence-corrected chi connectivity index (χ2v) is 12.3. The van der Waals surface area contributed by atoms with E-state index < -0.39 is 0 Å². The maximum absolute atomic E-state index is 11.8. The Bertz CT molecular complexity index is 753. The van der Waals surface area contributed by atoms with Crippen LogP contribution in [-0.4, -0.2) is 34.9 Å². The predicted molar refractivity (Wildman–Crippen MR) is 123 cm³/mol. The van der Waals surface area contributed by atoms with Crippen LogP contribution in [0.4, 0.5) is 0 Å². The maximum atomic E-state index is 11.8. The molecule has 4 aliphatic carbocycles. The summed E-state index contributed by atoms with van der Waals surface area (Å²) in [6.07, 6.45) is 9.66. The van der Waals surface area contributed by atoms with Gasteiger partial charge in [-0.05, 0) is 97.2 Å². The van der Waals surface area contributed by atoms with Crippen LogP contribution in [-0.2, 0) is 0 Å². The van der Waals surface area contributed by atoms with Gasteiger partial charge in [0.25, 0.3) is 0 Å². The van der Waals surface area contributed by atoms with E-state index in [0.29, 0.717) is 53.5 Å². The highest BCUT2D eigenvalue weighted by molar-refractivity contribution is 5.83. The third-order valence-corrected chi connectivity index (χ3v) is 11.2. The van der Waals surface area contributed by atoms with Gasteiger partial charge >= 0.3 is 0 Å². The Morgan fingerprint density at radius 2 is 1.74 bits per heavy atom. The second kappa shape index (κ2) is 7.90. The molecular weight excluding hydrogens is 386 g/mol. The Hall–Kier alpha value is -0.810. The van der Waals surface area contributed by atoms with Crippen molar-refractivity contribution in [3.63, 3.8) is 0 Å². The van der Waals surface area contributed by atoms with Crippen LogP contribution in [0, 0.1) is 52.3 Å². The van der Waals surface area contributed by atoms with E-state index in [4.69, 9.17) is 0 Å². The molecule has 0 aromatic heterocycles.